The Morgan fingerprint density at radius 3 is 2.51 bits per heavy atom. The second-order valence-corrected chi connectivity index (χ2v) is 13.9. The van der Waals surface area contributed by atoms with Gasteiger partial charge < -0.3 is 14.2 Å². The maximum atomic E-state index is 11.9. The zero-order chi connectivity index (χ0) is 24.8. The molecule has 0 aromatic rings. The first-order valence-electron chi connectivity index (χ1n) is 15.1. The fraction of sp³-hybridized carbons (Fsp3) is 0.968. The second kappa shape index (κ2) is 10.3. The van der Waals surface area contributed by atoms with E-state index in [9.17, 15) is 4.79 Å². The first-order chi connectivity index (χ1) is 16.8. The lowest BCUT2D eigenvalue weighted by atomic mass is 9.43. The van der Waals surface area contributed by atoms with Crippen LogP contribution in [0.4, 0.5) is 0 Å². The quantitative estimate of drug-likeness (QED) is 0.289. The van der Waals surface area contributed by atoms with E-state index in [2.05, 4.69) is 27.7 Å². The lowest BCUT2D eigenvalue weighted by Crippen LogP contribution is -2.59. The lowest BCUT2D eigenvalue weighted by molar-refractivity contribution is -0.249. The Labute approximate surface area is 214 Å². The standard InChI is InChI=1S/C31H52O4/c1-20-13-15-30(3)22(18-20)19-26(35-28-8-6-7-17-34-28)29-24-11-10-23(21(2)9-12-27(32)33-5)31(24,4)16-14-25(29)30/h20-26,28-29H,6-19H2,1-5H3/t20-,21-,22+,23?,24?,25?,26-,28?,29?,30+,31-/m1/s1. The molecule has 4 nitrogen and oxygen atoms in total. The zero-order valence-corrected chi connectivity index (χ0v) is 23.2. The molecule has 5 aliphatic rings. The minimum atomic E-state index is -0.0565. The third-order valence-corrected chi connectivity index (χ3v) is 12.2. The summed E-state index contributed by atoms with van der Waals surface area (Å²) in [5.41, 5.74) is 0.858. The Bertz CT molecular complexity index is 746. The van der Waals surface area contributed by atoms with E-state index in [1.807, 2.05) is 0 Å². The summed E-state index contributed by atoms with van der Waals surface area (Å²) in [5.74, 6) is 5.11. The number of rotatable bonds is 6. The van der Waals surface area contributed by atoms with Gasteiger partial charge in [0, 0.05) is 13.0 Å². The monoisotopic (exact) mass is 488 g/mol. The average molecular weight is 489 g/mol. The summed E-state index contributed by atoms with van der Waals surface area (Å²) in [6.07, 6.45) is 16.2. The van der Waals surface area contributed by atoms with Crippen LogP contribution >= 0.6 is 0 Å². The first-order valence-corrected chi connectivity index (χ1v) is 15.1. The van der Waals surface area contributed by atoms with Gasteiger partial charge in [0.2, 0.25) is 0 Å². The molecule has 0 bridgehead atoms. The molecule has 0 aromatic carbocycles. The first kappa shape index (κ1) is 26.0. The van der Waals surface area contributed by atoms with Crippen molar-refractivity contribution in [2.24, 2.45) is 52.3 Å². The second-order valence-electron chi connectivity index (χ2n) is 13.9. The molecule has 4 heteroatoms. The minimum absolute atomic E-state index is 0.0177. The van der Waals surface area contributed by atoms with Gasteiger partial charge >= 0.3 is 5.97 Å². The highest BCUT2D eigenvalue weighted by Crippen LogP contribution is 2.69. The van der Waals surface area contributed by atoms with E-state index in [1.54, 1.807) is 0 Å². The molecule has 4 aliphatic carbocycles. The van der Waals surface area contributed by atoms with E-state index in [0.29, 0.717) is 41.1 Å². The summed E-state index contributed by atoms with van der Waals surface area (Å²) >= 11 is 0. The maximum absolute atomic E-state index is 11.9. The number of ether oxygens (including phenoxy) is 3. The number of esters is 1. The summed E-state index contributed by atoms with van der Waals surface area (Å²) in [6, 6.07) is 0. The van der Waals surface area contributed by atoms with Crippen molar-refractivity contribution in [3.8, 4) is 0 Å². The molecule has 0 amide bonds. The van der Waals surface area contributed by atoms with Crippen LogP contribution in [-0.2, 0) is 19.0 Å². The molecule has 5 rings (SSSR count). The third-order valence-electron chi connectivity index (χ3n) is 12.2. The lowest BCUT2D eigenvalue weighted by Gasteiger charge is -2.63. The summed E-state index contributed by atoms with van der Waals surface area (Å²) in [7, 11) is 1.51. The molecule has 0 aromatic heterocycles. The van der Waals surface area contributed by atoms with Crippen LogP contribution in [0.3, 0.4) is 0 Å². The van der Waals surface area contributed by atoms with Gasteiger partial charge in [0.15, 0.2) is 6.29 Å². The van der Waals surface area contributed by atoms with Gasteiger partial charge in [0.05, 0.1) is 13.2 Å². The van der Waals surface area contributed by atoms with E-state index in [1.165, 1.54) is 71.3 Å². The van der Waals surface area contributed by atoms with Crippen molar-refractivity contribution in [3.63, 3.8) is 0 Å². The van der Waals surface area contributed by atoms with Gasteiger partial charge in [0.1, 0.15) is 0 Å². The van der Waals surface area contributed by atoms with Crippen LogP contribution in [0.5, 0.6) is 0 Å². The van der Waals surface area contributed by atoms with Crippen molar-refractivity contribution >= 4 is 5.97 Å². The number of methoxy groups -OCH3 is 1. The van der Waals surface area contributed by atoms with E-state index < -0.39 is 0 Å². The predicted molar refractivity (Wildman–Crippen MR) is 139 cm³/mol. The summed E-state index contributed by atoms with van der Waals surface area (Å²) in [4.78, 5) is 11.9. The SMILES string of the molecule is COC(=O)CC[C@@H](C)C1CCC2C3C(CC[C@@]21C)[C@@]1(C)CC[C@@H](C)C[C@H]1C[C@H]3OC1CCCCO1. The van der Waals surface area contributed by atoms with E-state index in [-0.39, 0.29) is 12.3 Å². The number of hydrogen-bond acceptors (Lipinski definition) is 4. The van der Waals surface area contributed by atoms with Crippen LogP contribution in [0, 0.1) is 52.3 Å². The third kappa shape index (κ3) is 4.73. The van der Waals surface area contributed by atoms with E-state index >= 15 is 0 Å². The Morgan fingerprint density at radius 1 is 1.00 bits per heavy atom. The number of carbonyl (C=O) groups is 1. The van der Waals surface area contributed by atoms with E-state index in [0.717, 1.165) is 43.1 Å². The maximum Gasteiger partial charge on any atom is 0.305 e. The number of carbonyl (C=O) groups excluding carboxylic acids is 1. The Hall–Kier alpha value is -0.610. The number of fused-ring (bicyclic) bond motifs is 5. The van der Waals surface area contributed by atoms with Crippen molar-refractivity contribution in [1.82, 2.24) is 0 Å². The van der Waals surface area contributed by atoms with Crippen LogP contribution < -0.4 is 0 Å². The molecule has 1 heterocycles. The molecule has 0 radical (unpaired) electrons. The fourth-order valence-electron chi connectivity index (χ4n) is 10.2. The minimum Gasteiger partial charge on any atom is -0.469 e. The number of hydrogen-bond donors (Lipinski definition) is 0. The summed E-state index contributed by atoms with van der Waals surface area (Å²) in [6.45, 7) is 11.0. The Balaban J connectivity index is 1.39. The van der Waals surface area contributed by atoms with Crippen LogP contribution in [0.2, 0.25) is 0 Å². The molecular formula is C31H52O4. The van der Waals surface area contributed by atoms with Crippen LogP contribution in [0.15, 0.2) is 0 Å². The van der Waals surface area contributed by atoms with Gasteiger partial charge in [-0.3, -0.25) is 4.79 Å². The van der Waals surface area contributed by atoms with Gasteiger partial charge in [0.25, 0.3) is 0 Å². The predicted octanol–water partition coefficient (Wildman–Crippen LogP) is 7.39. The van der Waals surface area contributed by atoms with Gasteiger partial charge in [-0.1, -0.05) is 34.1 Å². The normalized spacial score (nSPS) is 48.4. The molecule has 4 saturated carbocycles. The molecule has 0 N–H and O–H groups in total. The molecule has 11 atom stereocenters. The van der Waals surface area contributed by atoms with Crippen LogP contribution in [-0.4, -0.2) is 32.1 Å². The van der Waals surface area contributed by atoms with Crippen molar-refractivity contribution < 1.29 is 19.0 Å². The molecule has 35 heavy (non-hydrogen) atoms. The molecule has 5 fully saturated rings. The molecule has 0 spiro atoms. The fourth-order valence-corrected chi connectivity index (χ4v) is 10.2. The molecular weight excluding hydrogens is 436 g/mol. The largest absolute Gasteiger partial charge is 0.469 e. The highest BCUT2D eigenvalue weighted by Gasteiger charge is 2.63. The van der Waals surface area contributed by atoms with Crippen molar-refractivity contribution in [3.05, 3.63) is 0 Å². The van der Waals surface area contributed by atoms with Gasteiger partial charge in [-0.15, -0.1) is 0 Å². The highest BCUT2D eigenvalue weighted by atomic mass is 16.7. The van der Waals surface area contributed by atoms with Gasteiger partial charge in [-0.05, 0) is 123 Å². The summed E-state index contributed by atoms with van der Waals surface area (Å²) in [5, 5.41) is 0. The smallest absolute Gasteiger partial charge is 0.305 e. The average Bonchev–Trinajstić information content (AvgIpc) is 3.21. The molecule has 1 aliphatic heterocycles. The summed E-state index contributed by atoms with van der Waals surface area (Å²) < 4.78 is 18.1. The van der Waals surface area contributed by atoms with Crippen molar-refractivity contribution in [1.29, 1.82) is 0 Å². The van der Waals surface area contributed by atoms with Crippen molar-refractivity contribution in [2.45, 2.75) is 124 Å². The zero-order valence-electron chi connectivity index (χ0n) is 23.2. The topological polar surface area (TPSA) is 44.8 Å². The van der Waals surface area contributed by atoms with Crippen LogP contribution in [0.25, 0.3) is 0 Å². The van der Waals surface area contributed by atoms with Crippen molar-refractivity contribution in [2.75, 3.05) is 13.7 Å². The van der Waals surface area contributed by atoms with Gasteiger partial charge in [-0.25, -0.2) is 0 Å². The molecule has 5 unspecified atom stereocenters. The Kier molecular flexibility index (Phi) is 7.64. The Morgan fingerprint density at radius 2 is 1.77 bits per heavy atom. The molecule has 200 valence electrons. The highest BCUT2D eigenvalue weighted by molar-refractivity contribution is 5.69. The van der Waals surface area contributed by atoms with Gasteiger partial charge in [-0.2, -0.15) is 0 Å². The molecule has 1 saturated heterocycles. The van der Waals surface area contributed by atoms with Crippen LogP contribution in [0.1, 0.15) is 111 Å². The van der Waals surface area contributed by atoms with E-state index in [4.69, 9.17) is 14.2 Å².